The molecular formula is C29H23Cl2N3O3S. The molecule has 9 heteroatoms. The third-order valence-electron chi connectivity index (χ3n) is 6.34. The Labute approximate surface area is 234 Å². The number of fused-ring (bicyclic) bond motifs is 1. The number of rotatable bonds is 6. The zero-order valence-corrected chi connectivity index (χ0v) is 23.0. The molecule has 0 radical (unpaired) electrons. The largest absolute Gasteiger partial charge is 0.342 e. The maximum Gasteiger partial charge on any atom is 0.294 e. The Morgan fingerprint density at radius 2 is 1.74 bits per heavy atom. The van der Waals surface area contributed by atoms with Crippen molar-refractivity contribution in [3.63, 3.8) is 0 Å². The minimum atomic E-state index is -0.498. The Bertz CT molecular complexity index is 1620. The summed E-state index contributed by atoms with van der Waals surface area (Å²) >= 11 is 13.6. The number of aromatic nitrogens is 1. The summed E-state index contributed by atoms with van der Waals surface area (Å²) < 4.78 is 2.01. The van der Waals surface area contributed by atoms with Crippen LogP contribution in [0.1, 0.15) is 22.3 Å². The number of nitrogens with one attached hydrogen (secondary N) is 1. The molecule has 1 aliphatic heterocycles. The van der Waals surface area contributed by atoms with Gasteiger partial charge in [-0.25, -0.2) is 0 Å². The van der Waals surface area contributed by atoms with E-state index >= 15 is 0 Å². The average Bonchev–Trinajstić information content (AvgIpc) is 3.35. The minimum absolute atomic E-state index is 0.258. The molecule has 0 bridgehead atoms. The van der Waals surface area contributed by atoms with Gasteiger partial charge in [0.05, 0.1) is 11.4 Å². The highest BCUT2D eigenvalue weighted by Crippen LogP contribution is 2.35. The van der Waals surface area contributed by atoms with E-state index in [0.29, 0.717) is 22.3 Å². The number of hydrogen-bond donors (Lipinski definition) is 1. The van der Waals surface area contributed by atoms with E-state index in [1.165, 1.54) is 0 Å². The van der Waals surface area contributed by atoms with Gasteiger partial charge >= 0.3 is 0 Å². The van der Waals surface area contributed by atoms with Crippen molar-refractivity contribution < 1.29 is 14.4 Å². The molecule has 3 aromatic carbocycles. The van der Waals surface area contributed by atoms with Gasteiger partial charge in [0.25, 0.3) is 11.1 Å². The molecule has 4 aromatic rings. The van der Waals surface area contributed by atoms with Gasteiger partial charge in [-0.15, -0.1) is 0 Å². The number of hydrogen-bond acceptors (Lipinski definition) is 4. The molecular weight excluding hydrogens is 541 g/mol. The lowest BCUT2D eigenvalue weighted by molar-refractivity contribution is -0.127. The first-order valence-corrected chi connectivity index (χ1v) is 13.4. The fourth-order valence-corrected chi connectivity index (χ4v) is 5.70. The van der Waals surface area contributed by atoms with Crippen molar-refractivity contribution in [2.75, 3.05) is 11.9 Å². The molecule has 192 valence electrons. The molecule has 5 rings (SSSR count). The van der Waals surface area contributed by atoms with Crippen LogP contribution in [0.15, 0.2) is 71.8 Å². The summed E-state index contributed by atoms with van der Waals surface area (Å²) in [5.74, 6) is -0.933. The van der Waals surface area contributed by atoms with Gasteiger partial charge in [0.2, 0.25) is 5.91 Å². The number of benzene rings is 3. The molecule has 1 N–H and O–H groups in total. The number of anilines is 1. The summed E-state index contributed by atoms with van der Waals surface area (Å²) in [6, 6.07) is 18.9. The summed E-state index contributed by atoms with van der Waals surface area (Å²) in [5.41, 5.74) is 5.04. The first kappa shape index (κ1) is 26.1. The normalized spacial score (nSPS) is 14.6. The Morgan fingerprint density at radius 3 is 2.50 bits per heavy atom. The Balaban J connectivity index is 1.40. The fraction of sp³-hybridized carbons (Fsp3) is 0.138. The summed E-state index contributed by atoms with van der Waals surface area (Å²) in [5, 5.41) is 4.37. The monoisotopic (exact) mass is 563 g/mol. The number of aryl methyl sites for hydroxylation is 2. The van der Waals surface area contributed by atoms with Crippen LogP contribution in [-0.4, -0.2) is 33.1 Å². The van der Waals surface area contributed by atoms with Gasteiger partial charge in [-0.3, -0.25) is 19.3 Å². The van der Waals surface area contributed by atoms with E-state index in [0.717, 1.165) is 49.8 Å². The van der Waals surface area contributed by atoms with E-state index in [1.807, 2.05) is 67.1 Å². The van der Waals surface area contributed by atoms with Crippen molar-refractivity contribution in [1.29, 1.82) is 0 Å². The van der Waals surface area contributed by atoms with Crippen molar-refractivity contribution in [2.24, 2.45) is 0 Å². The lowest BCUT2D eigenvalue weighted by Gasteiger charge is -2.14. The Morgan fingerprint density at radius 1 is 1.00 bits per heavy atom. The molecule has 0 unspecified atom stereocenters. The highest BCUT2D eigenvalue weighted by Gasteiger charge is 2.36. The molecule has 1 fully saturated rings. The van der Waals surface area contributed by atoms with E-state index in [2.05, 4.69) is 5.32 Å². The number of halogens is 2. The predicted octanol–water partition coefficient (Wildman–Crippen LogP) is 7.29. The molecule has 0 spiro atoms. The van der Waals surface area contributed by atoms with Gasteiger partial charge in [-0.1, -0.05) is 59.6 Å². The number of imide groups is 1. The predicted molar refractivity (Wildman–Crippen MR) is 155 cm³/mol. The molecule has 3 amide bonds. The first-order valence-electron chi connectivity index (χ1n) is 11.8. The van der Waals surface area contributed by atoms with Gasteiger partial charge in [-0.05, 0) is 67.1 Å². The van der Waals surface area contributed by atoms with Crippen LogP contribution >= 0.6 is 35.0 Å². The van der Waals surface area contributed by atoms with E-state index in [9.17, 15) is 14.4 Å². The van der Waals surface area contributed by atoms with Crippen LogP contribution in [-0.2, 0) is 16.1 Å². The maximum absolute atomic E-state index is 13.1. The third kappa shape index (κ3) is 5.23. The second-order valence-corrected chi connectivity index (χ2v) is 10.9. The number of nitrogens with zero attached hydrogens (tertiary/aromatic N) is 2. The van der Waals surface area contributed by atoms with Crippen LogP contribution in [0, 0.1) is 13.8 Å². The summed E-state index contributed by atoms with van der Waals surface area (Å²) in [6.45, 7) is 3.89. The maximum atomic E-state index is 13.1. The van der Waals surface area contributed by atoms with Crippen LogP contribution in [0.3, 0.4) is 0 Å². The standard InChI is InChI=1S/C29H23Cl2N3O3S/c1-17-10-11-18(2)24(12-17)32-27(35)16-34-28(36)26(38-29(34)37)13-19-14-33(25-9-4-3-6-20(19)25)15-21-22(30)7-5-8-23(21)31/h3-14H,15-16H2,1-2H3,(H,32,35)/b26-13-. The van der Waals surface area contributed by atoms with Crippen molar-refractivity contribution in [3.8, 4) is 0 Å². The van der Waals surface area contributed by atoms with Crippen molar-refractivity contribution in [1.82, 2.24) is 9.47 Å². The van der Waals surface area contributed by atoms with Gasteiger partial charge in [-0.2, -0.15) is 0 Å². The fourth-order valence-electron chi connectivity index (χ4n) is 4.36. The second kappa shape index (κ2) is 10.7. The zero-order chi connectivity index (χ0) is 27.0. The smallest absolute Gasteiger partial charge is 0.294 e. The Hall–Kier alpha value is -3.52. The highest BCUT2D eigenvalue weighted by molar-refractivity contribution is 8.18. The minimum Gasteiger partial charge on any atom is -0.342 e. The molecule has 0 saturated carbocycles. The first-order chi connectivity index (χ1) is 18.2. The lowest BCUT2D eigenvalue weighted by atomic mass is 10.1. The van der Waals surface area contributed by atoms with E-state index in [-0.39, 0.29) is 11.4 Å². The van der Waals surface area contributed by atoms with E-state index < -0.39 is 17.1 Å². The number of thioether (sulfide) groups is 1. The molecule has 6 nitrogen and oxygen atoms in total. The van der Waals surface area contributed by atoms with Crippen LogP contribution in [0.5, 0.6) is 0 Å². The number of carbonyl (C=O) groups is 3. The molecule has 1 aromatic heterocycles. The number of carbonyl (C=O) groups excluding carboxylic acids is 3. The SMILES string of the molecule is Cc1ccc(C)c(NC(=O)CN2C(=O)S/C(=C\c3cn(Cc4c(Cl)cccc4Cl)c4ccccc34)C2=O)c1. The van der Waals surface area contributed by atoms with E-state index in [4.69, 9.17) is 23.2 Å². The van der Waals surface area contributed by atoms with Gasteiger partial charge in [0.15, 0.2) is 0 Å². The molecule has 0 atom stereocenters. The third-order valence-corrected chi connectivity index (χ3v) is 7.95. The molecule has 1 aliphatic rings. The summed E-state index contributed by atoms with van der Waals surface area (Å²) in [4.78, 5) is 39.8. The van der Waals surface area contributed by atoms with Crippen molar-refractivity contribution in [2.45, 2.75) is 20.4 Å². The van der Waals surface area contributed by atoms with Crippen LogP contribution < -0.4 is 5.32 Å². The zero-order valence-electron chi connectivity index (χ0n) is 20.6. The summed E-state index contributed by atoms with van der Waals surface area (Å²) in [6.07, 6.45) is 3.60. The quantitative estimate of drug-likeness (QED) is 0.250. The highest BCUT2D eigenvalue weighted by atomic mass is 35.5. The Kier molecular flexibility index (Phi) is 7.34. The number of para-hydroxylation sites is 1. The molecule has 0 aliphatic carbocycles. The number of amides is 3. The van der Waals surface area contributed by atoms with Gasteiger partial charge < -0.3 is 9.88 Å². The van der Waals surface area contributed by atoms with Crippen molar-refractivity contribution in [3.05, 3.63) is 104 Å². The van der Waals surface area contributed by atoms with Crippen molar-refractivity contribution >= 4 is 74.7 Å². The molecule has 1 saturated heterocycles. The lowest BCUT2D eigenvalue weighted by Crippen LogP contribution is -2.36. The topological polar surface area (TPSA) is 71.4 Å². The van der Waals surface area contributed by atoms with E-state index in [1.54, 1.807) is 24.3 Å². The van der Waals surface area contributed by atoms with Crippen LogP contribution in [0.4, 0.5) is 10.5 Å². The van der Waals surface area contributed by atoms with Crippen LogP contribution in [0.2, 0.25) is 10.0 Å². The molecule has 38 heavy (non-hydrogen) atoms. The average molecular weight is 564 g/mol. The molecule has 2 heterocycles. The van der Waals surface area contributed by atoms with Gasteiger partial charge in [0, 0.05) is 44.0 Å². The van der Waals surface area contributed by atoms with Gasteiger partial charge in [0.1, 0.15) is 6.54 Å². The second-order valence-electron chi connectivity index (χ2n) is 9.06. The van der Waals surface area contributed by atoms with Crippen LogP contribution in [0.25, 0.3) is 17.0 Å². The summed E-state index contributed by atoms with van der Waals surface area (Å²) in [7, 11) is 0.